The molecule has 1 saturated heterocycles. The molecule has 0 amide bonds. The van der Waals surface area contributed by atoms with Gasteiger partial charge in [0.1, 0.15) is 6.10 Å². The van der Waals surface area contributed by atoms with Crippen LogP contribution in [0.15, 0.2) is 36.7 Å². The lowest BCUT2D eigenvalue weighted by Gasteiger charge is -2.30. The van der Waals surface area contributed by atoms with Crippen LogP contribution in [-0.2, 0) is 30.2 Å². The lowest BCUT2D eigenvalue weighted by Crippen LogP contribution is -2.52. The molecule has 0 radical (unpaired) electrons. The van der Waals surface area contributed by atoms with Crippen molar-refractivity contribution in [1.82, 2.24) is 19.5 Å². The van der Waals surface area contributed by atoms with Crippen LogP contribution in [0.5, 0.6) is 0 Å². The van der Waals surface area contributed by atoms with Crippen molar-refractivity contribution in [1.29, 1.82) is 0 Å². The van der Waals surface area contributed by atoms with E-state index in [0.29, 0.717) is 43.2 Å². The number of fused-ring (bicyclic) bond motifs is 1. The molecule has 0 spiro atoms. The summed E-state index contributed by atoms with van der Waals surface area (Å²) in [5.74, 6) is -0.898. The van der Waals surface area contributed by atoms with E-state index in [4.69, 9.17) is 32.2 Å². The monoisotopic (exact) mass is 589 g/mol. The van der Waals surface area contributed by atoms with E-state index in [1.807, 2.05) is 4.90 Å². The second-order valence-corrected chi connectivity index (χ2v) is 9.43. The Bertz CT molecular complexity index is 1390. The zero-order chi connectivity index (χ0) is 29.6. The van der Waals surface area contributed by atoms with Crippen molar-refractivity contribution in [2.24, 2.45) is 0 Å². The molecule has 1 aromatic carbocycles. The minimum atomic E-state index is -2.69. The highest BCUT2D eigenvalue weighted by Crippen LogP contribution is 2.29. The number of carbonyl (C=O) groups is 2. The van der Waals surface area contributed by atoms with E-state index in [-0.39, 0.29) is 10.9 Å². The van der Waals surface area contributed by atoms with E-state index in [9.17, 15) is 30.0 Å². The highest BCUT2D eigenvalue weighted by atomic mass is 35.5. The molecule has 4 N–H and O–H groups in total. The third kappa shape index (κ3) is 6.57. The van der Waals surface area contributed by atoms with Gasteiger partial charge in [-0.3, -0.25) is 4.57 Å². The Hall–Kier alpha value is -3.84. The lowest BCUT2D eigenvalue weighted by molar-refractivity contribution is -0.195. The fraction of sp³-hybridized carbons (Fsp3) is 0.423. The number of ether oxygens (including phenoxy) is 3. The van der Waals surface area contributed by atoms with Crippen LogP contribution in [0.2, 0.25) is 5.28 Å². The van der Waals surface area contributed by atoms with E-state index >= 15 is 0 Å². The first kappa shape index (κ1) is 30.1. The number of aliphatic hydroxyl groups excluding tert-OH is 2. The first-order valence-corrected chi connectivity index (χ1v) is 12.9. The fourth-order valence-corrected chi connectivity index (χ4v) is 4.46. The molecule has 4 rings (SSSR count). The number of nitrogens with zero attached hydrogens (tertiary/aromatic N) is 5. The van der Waals surface area contributed by atoms with Crippen LogP contribution < -0.4 is 4.90 Å². The van der Waals surface area contributed by atoms with Crippen LogP contribution in [-0.4, -0.2) is 109 Å². The van der Waals surface area contributed by atoms with Gasteiger partial charge in [0.05, 0.1) is 32.8 Å². The topological polar surface area (TPSA) is 190 Å². The number of carboxylic acids is 2. The van der Waals surface area contributed by atoms with Gasteiger partial charge in [0.2, 0.25) is 5.28 Å². The number of aliphatic hydroxyl groups is 2. The van der Waals surface area contributed by atoms with Crippen LogP contribution in [0.1, 0.15) is 11.8 Å². The van der Waals surface area contributed by atoms with Gasteiger partial charge in [-0.25, -0.2) is 14.6 Å². The number of imidazole rings is 1. The van der Waals surface area contributed by atoms with Crippen molar-refractivity contribution in [2.75, 3.05) is 44.4 Å². The Kier molecular flexibility index (Phi) is 9.71. The van der Waals surface area contributed by atoms with E-state index in [0.717, 1.165) is 0 Å². The molecule has 14 nitrogen and oxygen atoms in total. The van der Waals surface area contributed by atoms with Gasteiger partial charge in [0, 0.05) is 19.5 Å². The molecular formula is C26H28ClN5O9. The van der Waals surface area contributed by atoms with Crippen LogP contribution in [0.4, 0.5) is 5.82 Å². The summed E-state index contributed by atoms with van der Waals surface area (Å²) in [6, 6.07) is 8.08. The molecule has 1 aliphatic rings. The van der Waals surface area contributed by atoms with Crippen LogP contribution in [0.25, 0.3) is 11.2 Å². The van der Waals surface area contributed by atoms with Gasteiger partial charge in [-0.2, -0.15) is 9.97 Å². The highest BCUT2D eigenvalue weighted by Gasteiger charge is 2.49. The maximum atomic E-state index is 12.1. The second-order valence-electron chi connectivity index (χ2n) is 9.09. The summed E-state index contributed by atoms with van der Waals surface area (Å²) in [5, 5.41) is 40.3. The smallest absolute Gasteiger partial charge is 0.348 e. The van der Waals surface area contributed by atoms with Crippen molar-refractivity contribution in [2.45, 2.75) is 30.5 Å². The van der Waals surface area contributed by atoms with Crippen molar-refractivity contribution in [3.8, 4) is 12.3 Å². The Morgan fingerprint density at radius 3 is 2.46 bits per heavy atom. The second kappa shape index (κ2) is 13.2. The standard InChI is InChI=1S/C26H28ClN5O9/c1-2-18(34)22(32-15-28-19-20(29-25(27)30-21(19)32)31-8-10-39-11-9-31)41-17(13-33)14-40-26(23(35)36,24(37)38)12-16-6-4-3-5-7-16/h1,3-7,15,17-18,22,33-34H,8-14H2,(H,35,36)(H,37,38)/t17-,18+,22+/m0/s1. The van der Waals surface area contributed by atoms with Crippen LogP contribution in [0, 0.1) is 12.3 Å². The fourth-order valence-electron chi connectivity index (χ4n) is 4.30. The third-order valence-corrected chi connectivity index (χ3v) is 6.61. The van der Waals surface area contributed by atoms with E-state index in [1.165, 1.54) is 10.9 Å². The summed E-state index contributed by atoms with van der Waals surface area (Å²) >= 11 is 6.21. The van der Waals surface area contributed by atoms with Gasteiger partial charge in [-0.1, -0.05) is 36.3 Å². The Balaban J connectivity index is 1.62. The number of aromatic nitrogens is 4. The number of hydrogen-bond acceptors (Lipinski definition) is 11. The minimum Gasteiger partial charge on any atom is -0.479 e. The number of morpholine rings is 1. The molecule has 3 heterocycles. The average molecular weight is 590 g/mol. The Morgan fingerprint density at radius 2 is 1.85 bits per heavy atom. The first-order chi connectivity index (χ1) is 19.7. The van der Waals surface area contributed by atoms with Gasteiger partial charge in [0.25, 0.3) is 5.60 Å². The molecule has 2 aromatic heterocycles. The molecule has 218 valence electrons. The summed E-state index contributed by atoms with van der Waals surface area (Å²) in [6.07, 6.45) is 1.94. The van der Waals surface area contributed by atoms with E-state index < -0.39 is 55.6 Å². The molecule has 15 heteroatoms. The first-order valence-electron chi connectivity index (χ1n) is 12.5. The molecular weight excluding hydrogens is 562 g/mol. The van der Waals surface area contributed by atoms with Crippen molar-refractivity contribution < 1.29 is 44.2 Å². The molecule has 0 saturated carbocycles. The molecule has 0 unspecified atom stereocenters. The maximum Gasteiger partial charge on any atom is 0.348 e. The maximum absolute atomic E-state index is 12.1. The number of aliphatic carboxylic acids is 2. The van der Waals surface area contributed by atoms with Gasteiger partial charge in [-0.15, -0.1) is 6.42 Å². The number of halogens is 1. The minimum absolute atomic E-state index is 0.106. The average Bonchev–Trinajstić information content (AvgIpc) is 3.39. The van der Waals surface area contributed by atoms with Crippen molar-refractivity contribution in [3.63, 3.8) is 0 Å². The van der Waals surface area contributed by atoms with E-state index in [1.54, 1.807) is 30.3 Å². The van der Waals surface area contributed by atoms with Gasteiger partial charge >= 0.3 is 11.9 Å². The Labute approximate surface area is 239 Å². The number of carboxylic acid groups (broad SMARTS) is 2. The van der Waals surface area contributed by atoms with Crippen LogP contribution in [0.3, 0.4) is 0 Å². The summed E-state index contributed by atoms with van der Waals surface area (Å²) in [6.45, 7) is 0.588. The largest absolute Gasteiger partial charge is 0.479 e. The zero-order valence-corrected chi connectivity index (χ0v) is 22.4. The number of terminal acetylenes is 1. The SMILES string of the molecule is C#C[C@@H](O)[C@@H](O[C@@H](CO)COC(Cc1ccccc1)(C(=O)O)C(=O)O)n1cnc2c(N3CCOCC3)nc(Cl)nc21. The molecule has 1 fully saturated rings. The molecule has 0 aliphatic carbocycles. The Morgan fingerprint density at radius 1 is 1.17 bits per heavy atom. The predicted octanol–water partition coefficient (Wildman–Crippen LogP) is 0.354. The quantitative estimate of drug-likeness (QED) is 0.121. The van der Waals surface area contributed by atoms with Crippen molar-refractivity contribution >= 4 is 40.5 Å². The molecule has 41 heavy (non-hydrogen) atoms. The zero-order valence-electron chi connectivity index (χ0n) is 21.7. The van der Waals surface area contributed by atoms with Gasteiger partial charge in [0.15, 0.2) is 29.3 Å². The molecule has 0 bridgehead atoms. The summed E-state index contributed by atoms with van der Waals surface area (Å²) in [7, 11) is 0. The lowest BCUT2D eigenvalue weighted by atomic mass is 9.94. The van der Waals surface area contributed by atoms with Crippen molar-refractivity contribution in [3.05, 3.63) is 47.5 Å². The summed E-state index contributed by atoms with van der Waals surface area (Å²) < 4.78 is 18.0. The molecule has 3 atom stereocenters. The summed E-state index contributed by atoms with van der Waals surface area (Å²) in [5.41, 5.74) is -1.78. The van der Waals surface area contributed by atoms with Crippen LogP contribution >= 0.6 is 11.6 Å². The summed E-state index contributed by atoms with van der Waals surface area (Å²) in [4.78, 5) is 39.1. The number of hydrogen-bond donors (Lipinski definition) is 4. The highest BCUT2D eigenvalue weighted by molar-refractivity contribution is 6.28. The number of benzene rings is 1. The van der Waals surface area contributed by atoms with Gasteiger partial charge < -0.3 is 39.5 Å². The van der Waals surface area contributed by atoms with Gasteiger partial charge in [-0.05, 0) is 17.2 Å². The molecule has 1 aliphatic heterocycles. The van der Waals surface area contributed by atoms with E-state index in [2.05, 4.69) is 20.9 Å². The third-order valence-electron chi connectivity index (χ3n) is 6.44. The predicted molar refractivity (Wildman–Crippen MR) is 143 cm³/mol. The number of anilines is 1. The normalized spacial score (nSPS) is 16.2. The number of rotatable bonds is 13. The molecule has 3 aromatic rings.